The van der Waals surface area contributed by atoms with Crippen molar-refractivity contribution in [3.05, 3.63) is 64.5 Å². The summed E-state index contributed by atoms with van der Waals surface area (Å²) >= 11 is 0. The lowest BCUT2D eigenvalue weighted by Crippen LogP contribution is -2.75. The van der Waals surface area contributed by atoms with Gasteiger partial charge >= 0.3 is 0 Å². The third kappa shape index (κ3) is 4.43. The minimum atomic E-state index is -2.58. The Morgan fingerprint density at radius 2 is 1.71 bits per heavy atom. The molecule has 1 unspecified atom stereocenters. The Morgan fingerprint density at radius 3 is 2.37 bits per heavy atom. The van der Waals surface area contributed by atoms with Gasteiger partial charge < -0.3 is 24.6 Å². The van der Waals surface area contributed by atoms with Crippen LogP contribution in [0.1, 0.15) is 27.0 Å². The van der Waals surface area contributed by atoms with E-state index < -0.39 is 45.3 Å². The second-order valence-corrected chi connectivity index (χ2v) is 10.3. The van der Waals surface area contributed by atoms with Gasteiger partial charge in [-0.3, -0.25) is 19.7 Å². The number of nitrogens with one attached hydrogen (secondary N) is 1. The number of hydrogen-bond donors (Lipinski definition) is 3. The minimum absolute atomic E-state index is 0.0667. The third-order valence-electron chi connectivity index (χ3n) is 7.89. The van der Waals surface area contributed by atoms with Crippen LogP contribution in [0.3, 0.4) is 0 Å². The van der Waals surface area contributed by atoms with Crippen molar-refractivity contribution in [3.8, 4) is 5.75 Å². The quantitative estimate of drug-likeness (QED) is 0.220. The molecule has 10 nitrogen and oxygen atoms in total. The van der Waals surface area contributed by atoms with Gasteiger partial charge in [0.05, 0.1) is 56.6 Å². The van der Waals surface area contributed by atoms with Crippen LogP contribution in [0.5, 0.6) is 5.75 Å². The Labute approximate surface area is 242 Å². The fraction of sp³-hybridized carbons (Fsp3) is 0.400. The molecule has 3 aliphatic heterocycles. The normalized spacial score (nSPS) is 24.2. The van der Waals surface area contributed by atoms with E-state index >= 15 is 4.39 Å². The van der Waals surface area contributed by atoms with Crippen LogP contribution in [-0.4, -0.2) is 109 Å². The molecule has 200 valence electrons. The Bertz CT molecular complexity index is 1440. The molecule has 2 aromatic carbocycles. The molecular weight excluding hydrogens is 527 g/mol. The number of ether oxygens (including phenoxy) is 2. The summed E-state index contributed by atoms with van der Waals surface area (Å²) in [7, 11) is 30.2. The molecule has 3 aliphatic rings. The average Bonchev–Trinajstić information content (AvgIpc) is 3.28. The molecule has 10 radical (unpaired) electrons. The van der Waals surface area contributed by atoms with E-state index in [1.165, 1.54) is 35.2 Å². The van der Waals surface area contributed by atoms with Crippen molar-refractivity contribution in [2.75, 3.05) is 26.3 Å². The van der Waals surface area contributed by atoms with E-state index in [0.29, 0.717) is 13.2 Å². The van der Waals surface area contributed by atoms with Gasteiger partial charge in [0.25, 0.3) is 11.8 Å². The lowest BCUT2D eigenvalue weighted by atomic mass is 9.21. The Hall–Kier alpha value is -3.06. The number of hydrogen-bond acceptors (Lipinski definition) is 8. The van der Waals surface area contributed by atoms with Crippen molar-refractivity contribution in [1.82, 2.24) is 15.1 Å². The van der Waals surface area contributed by atoms with E-state index in [4.69, 9.17) is 48.7 Å². The first kappa shape index (κ1) is 29.4. The van der Waals surface area contributed by atoms with E-state index in [2.05, 4.69) is 0 Å². The lowest BCUT2D eigenvalue weighted by Gasteiger charge is -2.60. The van der Waals surface area contributed by atoms with Crippen molar-refractivity contribution in [3.63, 3.8) is 0 Å². The predicted molar refractivity (Wildman–Crippen MR) is 146 cm³/mol. The van der Waals surface area contributed by atoms with Gasteiger partial charge in [0.2, 0.25) is 11.8 Å². The predicted octanol–water partition coefficient (Wildman–Crippen LogP) is -1.78. The molecule has 16 heteroatoms. The standard InChI is InChI=1S/C25H21B5FN3O7/c26-22(27)20(36)32-21(37)23(28,25(22,29)30)34-11-16-15(19(34)35)2-1-3-18(16)41-12-13-4-5-14(10-17(13)31)24(38,39)33-6-8-40-9-7-33/h1-5,10,38-39H,6-9,11-12H2,(H,32,36,37). The molecule has 0 saturated carbocycles. The number of piperidine rings is 1. The number of carbonyl (C=O) groups is 3. The van der Waals surface area contributed by atoms with Gasteiger partial charge in [-0.15, -0.1) is 0 Å². The number of carbonyl (C=O) groups excluding carboxylic acids is 3. The van der Waals surface area contributed by atoms with E-state index in [1.807, 2.05) is 5.32 Å². The van der Waals surface area contributed by atoms with Crippen molar-refractivity contribution >= 4 is 57.0 Å². The van der Waals surface area contributed by atoms with E-state index in [9.17, 15) is 24.6 Å². The molecular formula is C25H21B5FN3O7. The van der Waals surface area contributed by atoms with Crippen LogP contribution in [0, 0.1) is 5.82 Å². The van der Waals surface area contributed by atoms with Crippen LogP contribution in [0.25, 0.3) is 0 Å². The van der Waals surface area contributed by atoms with Crippen molar-refractivity contribution in [1.29, 1.82) is 0 Å². The second kappa shape index (κ2) is 10.0. The molecule has 5 rings (SSSR count). The molecule has 1 atom stereocenters. The van der Waals surface area contributed by atoms with Gasteiger partial charge in [-0.1, -0.05) is 23.4 Å². The highest BCUT2D eigenvalue weighted by Crippen LogP contribution is 2.55. The summed E-state index contributed by atoms with van der Waals surface area (Å²) in [6.07, 6.45) is 0. The summed E-state index contributed by atoms with van der Waals surface area (Å²) in [6.45, 7) is 0.500. The summed E-state index contributed by atoms with van der Waals surface area (Å²) < 4.78 is 26.1. The molecule has 0 spiro atoms. The number of halogens is 1. The van der Waals surface area contributed by atoms with Crippen LogP contribution < -0.4 is 10.1 Å². The smallest absolute Gasteiger partial charge is 0.254 e. The highest BCUT2D eigenvalue weighted by molar-refractivity contribution is 6.66. The zero-order chi connectivity index (χ0) is 30.0. The first-order valence-corrected chi connectivity index (χ1v) is 12.6. The summed E-state index contributed by atoms with van der Waals surface area (Å²) in [5.74, 6) is -6.08. The topological polar surface area (TPSA) is 129 Å². The second-order valence-electron chi connectivity index (χ2n) is 10.3. The third-order valence-corrected chi connectivity index (χ3v) is 7.89. The number of amides is 3. The van der Waals surface area contributed by atoms with Gasteiger partial charge in [0, 0.05) is 35.3 Å². The zero-order valence-corrected chi connectivity index (χ0v) is 21.8. The number of fused-ring (bicyclic) bond motifs is 1. The maximum Gasteiger partial charge on any atom is 0.254 e. The summed E-state index contributed by atoms with van der Waals surface area (Å²) in [6, 6.07) is 8.21. The van der Waals surface area contributed by atoms with Crippen LogP contribution in [0.2, 0.25) is 10.4 Å². The van der Waals surface area contributed by atoms with Crippen LogP contribution in [0.15, 0.2) is 36.4 Å². The number of rotatable bonds is 6. The van der Waals surface area contributed by atoms with Gasteiger partial charge in [0.15, 0.2) is 0 Å². The Morgan fingerprint density at radius 1 is 1.02 bits per heavy atom. The molecule has 2 saturated heterocycles. The molecule has 3 heterocycles. The van der Waals surface area contributed by atoms with Crippen LogP contribution >= 0.6 is 0 Å². The van der Waals surface area contributed by atoms with Crippen molar-refractivity contribution in [2.45, 2.75) is 34.9 Å². The molecule has 0 aromatic heterocycles. The number of nitrogens with zero attached hydrogens (tertiary/aromatic N) is 2. The van der Waals surface area contributed by atoms with E-state index in [-0.39, 0.29) is 54.2 Å². The van der Waals surface area contributed by atoms with Gasteiger partial charge in [-0.2, -0.15) is 0 Å². The maximum absolute atomic E-state index is 15.0. The first-order valence-electron chi connectivity index (χ1n) is 12.6. The lowest BCUT2D eigenvalue weighted by molar-refractivity contribution is -0.287. The SMILES string of the molecule is [B]C1([B])C(=O)NC(=O)C([B])(N2Cc3c(OCc4ccc(C(O)(O)N5CCOCC5)cc4F)cccc3C2=O)C1([B])[B]. The maximum atomic E-state index is 15.0. The molecule has 2 aromatic rings. The van der Waals surface area contributed by atoms with Gasteiger partial charge in [0.1, 0.15) is 26.0 Å². The fourth-order valence-corrected chi connectivity index (χ4v) is 5.15. The summed E-state index contributed by atoms with van der Waals surface area (Å²) in [5.41, 5.74) is -2.13. The van der Waals surface area contributed by atoms with Crippen molar-refractivity contribution in [2.24, 2.45) is 0 Å². The molecule has 3 amide bonds. The Balaban J connectivity index is 1.37. The highest BCUT2D eigenvalue weighted by Gasteiger charge is 2.63. The first-order chi connectivity index (χ1) is 19.1. The number of aliphatic hydroxyl groups is 2. The summed E-state index contributed by atoms with van der Waals surface area (Å²) in [4.78, 5) is 40.7. The summed E-state index contributed by atoms with van der Waals surface area (Å²) in [5, 5.41) is 18.1. The Kier molecular flexibility index (Phi) is 7.21. The van der Waals surface area contributed by atoms with Gasteiger partial charge in [-0.25, -0.2) is 9.29 Å². The molecule has 3 N–H and O–H groups in total. The van der Waals surface area contributed by atoms with Crippen molar-refractivity contribution < 1.29 is 38.5 Å². The molecule has 0 aliphatic carbocycles. The van der Waals surface area contributed by atoms with Gasteiger partial charge in [-0.05, 0) is 23.4 Å². The molecule has 41 heavy (non-hydrogen) atoms. The molecule has 0 bridgehead atoms. The number of morpholine rings is 1. The van der Waals surface area contributed by atoms with E-state index in [0.717, 1.165) is 11.0 Å². The largest absolute Gasteiger partial charge is 0.488 e. The monoisotopic (exact) mass is 549 g/mol. The molecule has 2 fully saturated rings. The van der Waals surface area contributed by atoms with Crippen LogP contribution in [0.4, 0.5) is 4.39 Å². The minimum Gasteiger partial charge on any atom is -0.488 e. The zero-order valence-electron chi connectivity index (χ0n) is 21.8. The van der Waals surface area contributed by atoms with E-state index in [1.54, 1.807) is 0 Å². The highest BCUT2D eigenvalue weighted by atomic mass is 19.1. The fourth-order valence-electron chi connectivity index (χ4n) is 5.15. The van der Waals surface area contributed by atoms with Crippen LogP contribution in [-0.2, 0) is 33.4 Å². The number of benzene rings is 2. The number of imide groups is 1. The average molecular weight is 549 g/mol.